The van der Waals surface area contributed by atoms with Crippen LogP contribution in [0.1, 0.15) is 49.4 Å². The van der Waals surface area contributed by atoms with Crippen molar-refractivity contribution in [3.8, 4) is 11.1 Å². The van der Waals surface area contributed by atoms with Crippen LogP contribution >= 0.6 is 11.3 Å². The number of benzene rings is 6. The summed E-state index contributed by atoms with van der Waals surface area (Å²) in [4.78, 5) is -0.360. The number of thiophene rings is 1. The molecule has 2 nitrogen and oxygen atoms in total. The first-order valence-corrected chi connectivity index (χ1v) is 19.9. The molecule has 7 aromatic rings. The van der Waals surface area contributed by atoms with Crippen molar-refractivity contribution in [2.75, 3.05) is 0 Å². The van der Waals surface area contributed by atoms with Crippen molar-refractivity contribution in [2.45, 2.75) is 29.6 Å². The maximum atomic E-state index is 14.3. The number of halogens is 12. The normalized spacial score (nSPS) is 15.8. The number of rotatable bonds is 2. The summed E-state index contributed by atoms with van der Waals surface area (Å²) in [6, 6.07) is 20.7. The number of hydrogen-bond donors (Lipinski definition) is 0. The first-order chi connectivity index (χ1) is 28.0. The Morgan fingerprint density at radius 1 is 0.450 bits per heavy atom. The van der Waals surface area contributed by atoms with Gasteiger partial charge in [0.1, 0.15) is 0 Å². The van der Waals surface area contributed by atoms with Crippen molar-refractivity contribution in [2.24, 2.45) is 0 Å². The van der Waals surface area contributed by atoms with E-state index in [9.17, 15) is 61.1 Å². The van der Waals surface area contributed by atoms with Crippen LogP contribution in [0.4, 0.5) is 52.7 Å². The lowest BCUT2D eigenvalue weighted by atomic mass is 9.94. The van der Waals surface area contributed by atoms with E-state index in [1.165, 1.54) is 42.5 Å². The van der Waals surface area contributed by atoms with Crippen molar-refractivity contribution in [1.82, 2.24) is 0 Å². The van der Waals surface area contributed by atoms with Gasteiger partial charge in [0.2, 0.25) is 9.84 Å². The second-order valence-corrected chi connectivity index (χ2v) is 17.4. The summed E-state index contributed by atoms with van der Waals surface area (Å²) in [5.41, 5.74) is -6.57. The van der Waals surface area contributed by atoms with Crippen LogP contribution in [0.15, 0.2) is 119 Å². The molecule has 0 saturated heterocycles. The minimum absolute atomic E-state index is 0.00303. The number of alkyl halides is 12. The molecule has 1 aromatic heterocycles. The van der Waals surface area contributed by atoms with E-state index in [0.29, 0.717) is 61.1 Å². The molecule has 10 rings (SSSR count). The first kappa shape index (κ1) is 38.3. The number of fused-ring (bicyclic) bond motifs is 10. The Bertz CT molecular complexity index is 3320. The van der Waals surface area contributed by atoms with Crippen molar-refractivity contribution >= 4 is 58.8 Å². The van der Waals surface area contributed by atoms with E-state index in [1.54, 1.807) is 30.3 Å². The third-order valence-corrected chi connectivity index (χ3v) is 14.0. The summed E-state index contributed by atoms with van der Waals surface area (Å²) in [5.74, 6) is 0. The minimum atomic E-state index is -5.26. The van der Waals surface area contributed by atoms with Gasteiger partial charge in [0.05, 0.1) is 32.1 Å². The third-order valence-electron chi connectivity index (χ3n) is 10.9. The highest BCUT2D eigenvalue weighted by Crippen LogP contribution is 2.52. The van der Waals surface area contributed by atoms with Gasteiger partial charge in [-0.2, -0.15) is 52.7 Å². The summed E-state index contributed by atoms with van der Waals surface area (Å²) in [6.07, 6.45) is -20.8. The lowest BCUT2D eigenvalue weighted by molar-refractivity contribution is -0.144. The third kappa shape index (κ3) is 5.59. The van der Waals surface area contributed by atoms with Gasteiger partial charge in [-0.1, -0.05) is 36.4 Å². The molecule has 3 aliphatic rings. The Hall–Kier alpha value is -5.87. The fraction of sp³-hybridized carbons (Fsp3) is 0.0909. The Labute approximate surface area is 333 Å². The van der Waals surface area contributed by atoms with Gasteiger partial charge in [0.25, 0.3) is 0 Å². The van der Waals surface area contributed by atoms with Gasteiger partial charge in [-0.05, 0) is 116 Å². The standard InChI is InChI=1S/C44H18F12O2S2/c45-41(46,47)23-9-21(10-24(17-23)42(48,49)50)35-29-13-19-16-32-30(14-20(19)15-31(29)37-27-5-1-3-7-33(27)59-39(35)37)36(40-38(32)28-6-2-4-8-34(28)60(40,57)58)22-11-25(43(51,52)53)18-26(12-22)44(54,55)56/h1-18H. The van der Waals surface area contributed by atoms with E-state index < -0.39 is 72.8 Å². The largest absolute Gasteiger partial charge is 0.416 e. The molecule has 0 unspecified atom stereocenters. The lowest BCUT2D eigenvalue weighted by Crippen LogP contribution is -2.16. The molecule has 0 amide bonds. The summed E-state index contributed by atoms with van der Waals surface area (Å²) in [5, 5.41) is 1.50. The highest BCUT2D eigenvalue weighted by atomic mass is 32.2. The molecule has 1 aliphatic heterocycles. The maximum Gasteiger partial charge on any atom is 0.416 e. The van der Waals surface area contributed by atoms with Gasteiger partial charge < -0.3 is 0 Å². The number of hydrogen-bond acceptors (Lipinski definition) is 3. The smallest absolute Gasteiger partial charge is 0.218 e. The average Bonchev–Trinajstić information content (AvgIpc) is 3.86. The molecule has 6 aromatic carbocycles. The lowest BCUT2D eigenvalue weighted by Gasteiger charge is -2.16. The van der Waals surface area contributed by atoms with E-state index in [0.717, 1.165) is 11.3 Å². The summed E-state index contributed by atoms with van der Waals surface area (Å²) in [6.45, 7) is 0. The van der Waals surface area contributed by atoms with Crippen LogP contribution in [0.25, 0.3) is 48.7 Å². The van der Waals surface area contributed by atoms with E-state index >= 15 is 0 Å². The van der Waals surface area contributed by atoms with Gasteiger partial charge in [0.15, 0.2) is 0 Å². The highest BCUT2D eigenvalue weighted by molar-refractivity contribution is 7.96. The predicted molar refractivity (Wildman–Crippen MR) is 201 cm³/mol. The van der Waals surface area contributed by atoms with Crippen molar-refractivity contribution in [3.63, 3.8) is 0 Å². The zero-order chi connectivity index (χ0) is 42.6. The monoisotopic (exact) mass is 870 g/mol. The topological polar surface area (TPSA) is 34.1 Å². The molecule has 0 saturated carbocycles. The van der Waals surface area contributed by atoms with E-state index in [-0.39, 0.29) is 55.3 Å². The minimum Gasteiger partial charge on any atom is -0.218 e. The quantitative estimate of drug-likeness (QED) is 0.162. The Morgan fingerprint density at radius 2 is 0.917 bits per heavy atom. The second-order valence-electron chi connectivity index (χ2n) is 14.5. The van der Waals surface area contributed by atoms with E-state index in [2.05, 4.69) is 0 Å². The molecule has 0 bridgehead atoms. The Kier molecular flexibility index (Phi) is 7.75. The van der Waals surface area contributed by atoms with Crippen LogP contribution < -0.4 is 10.4 Å². The average molecular weight is 871 g/mol. The van der Waals surface area contributed by atoms with Gasteiger partial charge >= 0.3 is 24.7 Å². The first-order valence-electron chi connectivity index (χ1n) is 17.6. The predicted octanol–water partition coefficient (Wildman–Crippen LogP) is 12.1. The van der Waals surface area contributed by atoms with Crippen molar-refractivity contribution in [3.05, 3.63) is 174 Å². The van der Waals surface area contributed by atoms with Crippen molar-refractivity contribution in [1.29, 1.82) is 0 Å². The van der Waals surface area contributed by atoms with Crippen LogP contribution in [0.2, 0.25) is 0 Å². The molecule has 2 heterocycles. The SMILES string of the molecule is O=S1(=O)C2=C(c3ccccc31)c1cc3cc4c(cc3cc1=C2c1cc(C(F)(F)F)cc(C(F)(F)F)c1)-c1c(sc2ccccc12)C=4c1cc(C(F)(F)F)cc(C(F)(F)F)c1. The molecule has 60 heavy (non-hydrogen) atoms. The van der Waals surface area contributed by atoms with Crippen LogP contribution in [0.3, 0.4) is 0 Å². The molecule has 0 fully saturated rings. The molecule has 2 aliphatic carbocycles. The molecular formula is C44H18F12O2S2. The molecule has 0 atom stereocenters. The summed E-state index contributed by atoms with van der Waals surface area (Å²) >= 11 is 1.15. The fourth-order valence-corrected chi connectivity index (χ4v) is 11.7. The summed E-state index contributed by atoms with van der Waals surface area (Å²) in [7, 11) is -4.55. The van der Waals surface area contributed by atoms with Crippen molar-refractivity contribution < 1.29 is 61.1 Å². The van der Waals surface area contributed by atoms with E-state index in [4.69, 9.17) is 0 Å². The molecular weight excluding hydrogens is 853 g/mol. The Morgan fingerprint density at radius 3 is 1.47 bits per heavy atom. The van der Waals surface area contributed by atoms with Gasteiger partial charge in [0, 0.05) is 42.8 Å². The van der Waals surface area contributed by atoms with Crippen LogP contribution in [0.5, 0.6) is 0 Å². The number of allylic oxidation sites excluding steroid dienone is 1. The van der Waals surface area contributed by atoms with Gasteiger partial charge in [-0.15, -0.1) is 11.3 Å². The summed E-state index contributed by atoms with van der Waals surface area (Å²) < 4.78 is 199. The van der Waals surface area contributed by atoms with Gasteiger partial charge in [-0.25, -0.2) is 8.42 Å². The zero-order valence-electron chi connectivity index (χ0n) is 29.6. The second kappa shape index (κ2) is 12.1. The highest BCUT2D eigenvalue weighted by Gasteiger charge is 2.45. The van der Waals surface area contributed by atoms with Crippen LogP contribution in [-0.4, -0.2) is 8.42 Å². The molecule has 0 N–H and O–H groups in total. The van der Waals surface area contributed by atoms with Crippen LogP contribution in [0, 0.1) is 0 Å². The fourth-order valence-electron chi connectivity index (χ4n) is 8.48. The molecule has 0 radical (unpaired) electrons. The Balaban J connectivity index is 1.34. The zero-order valence-corrected chi connectivity index (χ0v) is 31.2. The van der Waals surface area contributed by atoms with E-state index in [1.807, 2.05) is 0 Å². The molecule has 16 heteroatoms. The van der Waals surface area contributed by atoms with Gasteiger partial charge in [-0.3, -0.25) is 0 Å². The number of sulfone groups is 1. The molecule has 0 spiro atoms. The molecule has 302 valence electrons. The maximum absolute atomic E-state index is 14.3. The van der Waals surface area contributed by atoms with Crippen LogP contribution in [-0.2, 0) is 34.5 Å².